The molecule has 0 bridgehead atoms. The Balaban J connectivity index is 1.95. The Labute approximate surface area is 118 Å². The predicted octanol–water partition coefficient (Wildman–Crippen LogP) is 3.60. The summed E-state index contributed by atoms with van der Waals surface area (Å²) >= 11 is 6.22. The summed E-state index contributed by atoms with van der Waals surface area (Å²) in [5.41, 5.74) is 3.82. The van der Waals surface area contributed by atoms with Crippen LogP contribution >= 0.6 is 11.6 Å². The monoisotopic (exact) mass is 273 g/mol. The van der Waals surface area contributed by atoms with Gasteiger partial charge in [0.15, 0.2) is 0 Å². The van der Waals surface area contributed by atoms with Crippen LogP contribution in [0.4, 0.5) is 5.82 Å². The summed E-state index contributed by atoms with van der Waals surface area (Å²) in [7, 11) is 0. The summed E-state index contributed by atoms with van der Waals surface area (Å²) in [6.45, 7) is 3.95. The molecule has 0 radical (unpaired) electrons. The van der Waals surface area contributed by atoms with Gasteiger partial charge in [-0.2, -0.15) is 0 Å². The van der Waals surface area contributed by atoms with Crippen LogP contribution in [0, 0.1) is 0 Å². The van der Waals surface area contributed by atoms with Gasteiger partial charge in [-0.05, 0) is 17.5 Å². The molecule has 0 N–H and O–H groups in total. The molecule has 98 valence electrons. The van der Waals surface area contributed by atoms with Gasteiger partial charge in [0.1, 0.15) is 17.3 Å². The second kappa shape index (κ2) is 5.17. The molecule has 1 aliphatic rings. The van der Waals surface area contributed by atoms with Gasteiger partial charge in [0.2, 0.25) is 0 Å². The van der Waals surface area contributed by atoms with E-state index in [1.54, 1.807) is 6.33 Å². The molecule has 0 saturated carbocycles. The van der Waals surface area contributed by atoms with E-state index in [0.29, 0.717) is 5.15 Å². The van der Waals surface area contributed by atoms with E-state index >= 15 is 0 Å². The van der Waals surface area contributed by atoms with Gasteiger partial charge in [0.25, 0.3) is 0 Å². The van der Waals surface area contributed by atoms with Gasteiger partial charge >= 0.3 is 0 Å². The van der Waals surface area contributed by atoms with Crippen LogP contribution in [0.3, 0.4) is 0 Å². The molecule has 3 nitrogen and oxygen atoms in total. The molecule has 3 rings (SSSR count). The lowest BCUT2D eigenvalue weighted by Crippen LogP contribution is -2.18. The molecule has 1 aromatic carbocycles. The minimum Gasteiger partial charge on any atom is -0.348 e. The van der Waals surface area contributed by atoms with Crippen molar-refractivity contribution < 1.29 is 0 Å². The molecule has 4 heteroatoms. The molecule has 0 atom stereocenters. The third-order valence-corrected chi connectivity index (χ3v) is 3.84. The average Bonchev–Trinajstić information content (AvgIpc) is 2.85. The molecule has 0 saturated heterocycles. The molecule has 0 fully saturated rings. The Morgan fingerprint density at radius 2 is 1.84 bits per heavy atom. The van der Waals surface area contributed by atoms with E-state index in [9.17, 15) is 0 Å². The smallest absolute Gasteiger partial charge is 0.137 e. The van der Waals surface area contributed by atoms with Crippen LogP contribution < -0.4 is 4.90 Å². The third-order valence-electron chi connectivity index (χ3n) is 3.51. The van der Waals surface area contributed by atoms with Gasteiger partial charge in [0, 0.05) is 18.7 Å². The number of benzene rings is 1. The second-order valence-corrected chi connectivity index (χ2v) is 5.20. The standard InChI is InChI=1S/C15H16ClN3/c1-2-5-13-14(16)17-10-18-15(13)19-8-11-6-3-4-7-12(11)9-19/h3-4,6-7,10H,2,5,8-9H2,1H3. The number of hydrogen-bond donors (Lipinski definition) is 0. The van der Waals surface area contributed by atoms with Crippen molar-refractivity contribution in [2.24, 2.45) is 0 Å². The van der Waals surface area contributed by atoms with Crippen molar-refractivity contribution in [1.82, 2.24) is 9.97 Å². The number of anilines is 1. The van der Waals surface area contributed by atoms with Gasteiger partial charge in [-0.1, -0.05) is 49.2 Å². The minimum absolute atomic E-state index is 0.586. The maximum atomic E-state index is 6.22. The fourth-order valence-electron chi connectivity index (χ4n) is 2.60. The first-order valence-corrected chi connectivity index (χ1v) is 6.98. The fraction of sp³-hybridized carbons (Fsp3) is 0.333. The van der Waals surface area contributed by atoms with Gasteiger partial charge < -0.3 is 4.90 Å². The predicted molar refractivity (Wildman–Crippen MR) is 77.4 cm³/mol. The molecule has 1 aromatic heterocycles. The highest BCUT2D eigenvalue weighted by atomic mass is 35.5. The number of aromatic nitrogens is 2. The van der Waals surface area contributed by atoms with Crippen molar-refractivity contribution in [1.29, 1.82) is 0 Å². The van der Waals surface area contributed by atoms with Crippen molar-refractivity contribution >= 4 is 17.4 Å². The molecule has 0 spiro atoms. The van der Waals surface area contributed by atoms with Crippen LogP contribution in [0.5, 0.6) is 0 Å². The lowest BCUT2D eigenvalue weighted by atomic mass is 10.1. The first-order chi connectivity index (χ1) is 9.29. The molecule has 2 aromatic rings. The van der Waals surface area contributed by atoms with Gasteiger partial charge in [0.05, 0.1) is 0 Å². The number of halogens is 1. The van der Waals surface area contributed by atoms with E-state index in [1.807, 2.05) is 0 Å². The zero-order valence-electron chi connectivity index (χ0n) is 10.9. The van der Waals surface area contributed by atoms with Gasteiger partial charge in [-0.25, -0.2) is 9.97 Å². The molecular weight excluding hydrogens is 258 g/mol. The van der Waals surface area contributed by atoms with E-state index in [-0.39, 0.29) is 0 Å². The van der Waals surface area contributed by atoms with Crippen molar-refractivity contribution in [3.63, 3.8) is 0 Å². The van der Waals surface area contributed by atoms with Crippen molar-refractivity contribution in [2.45, 2.75) is 32.9 Å². The van der Waals surface area contributed by atoms with Crippen molar-refractivity contribution in [2.75, 3.05) is 4.90 Å². The van der Waals surface area contributed by atoms with Gasteiger partial charge in [-0.3, -0.25) is 0 Å². The first kappa shape index (κ1) is 12.4. The maximum Gasteiger partial charge on any atom is 0.137 e. The van der Waals surface area contributed by atoms with E-state index in [1.165, 1.54) is 11.1 Å². The minimum atomic E-state index is 0.586. The number of fused-ring (bicyclic) bond motifs is 1. The third kappa shape index (κ3) is 2.30. The summed E-state index contributed by atoms with van der Waals surface area (Å²) in [5, 5.41) is 0.586. The Morgan fingerprint density at radius 1 is 1.16 bits per heavy atom. The fourth-order valence-corrected chi connectivity index (χ4v) is 2.83. The van der Waals surface area contributed by atoms with E-state index in [2.05, 4.69) is 46.1 Å². The number of nitrogens with zero attached hydrogens (tertiary/aromatic N) is 3. The lowest BCUT2D eigenvalue weighted by Gasteiger charge is -2.20. The Kier molecular flexibility index (Phi) is 3.38. The van der Waals surface area contributed by atoms with Crippen LogP contribution in [0.2, 0.25) is 5.15 Å². The SMILES string of the molecule is CCCc1c(Cl)ncnc1N1Cc2ccccc2C1. The highest BCUT2D eigenvalue weighted by Gasteiger charge is 2.22. The van der Waals surface area contributed by atoms with Crippen LogP contribution in [0.1, 0.15) is 30.0 Å². The highest BCUT2D eigenvalue weighted by Crippen LogP contribution is 2.31. The van der Waals surface area contributed by atoms with Crippen molar-refractivity contribution in [3.8, 4) is 0 Å². The summed E-state index contributed by atoms with van der Waals surface area (Å²) < 4.78 is 0. The quantitative estimate of drug-likeness (QED) is 0.800. The van der Waals surface area contributed by atoms with Crippen LogP contribution in [0.15, 0.2) is 30.6 Å². The Bertz CT molecular complexity index is 573. The summed E-state index contributed by atoms with van der Waals surface area (Å²) in [6, 6.07) is 8.53. The zero-order chi connectivity index (χ0) is 13.2. The largest absolute Gasteiger partial charge is 0.348 e. The van der Waals surface area contributed by atoms with Gasteiger partial charge in [-0.15, -0.1) is 0 Å². The highest BCUT2D eigenvalue weighted by molar-refractivity contribution is 6.30. The zero-order valence-corrected chi connectivity index (χ0v) is 11.7. The maximum absolute atomic E-state index is 6.22. The average molecular weight is 274 g/mol. The van der Waals surface area contributed by atoms with Crippen LogP contribution in [0.25, 0.3) is 0 Å². The molecule has 19 heavy (non-hydrogen) atoms. The first-order valence-electron chi connectivity index (χ1n) is 6.60. The molecule has 2 heterocycles. The number of hydrogen-bond acceptors (Lipinski definition) is 3. The molecule has 1 aliphatic heterocycles. The van der Waals surface area contributed by atoms with E-state index in [0.717, 1.165) is 37.3 Å². The molecule has 0 aliphatic carbocycles. The van der Waals surface area contributed by atoms with Crippen LogP contribution in [-0.2, 0) is 19.5 Å². The number of rotatable bonds is 3. The lowest BCUT2D eigenvalue weighted by molar-refractivity contribution is 0.816. The van der Waals surface area contributed by atoms with E-state index < -0.39 is 0 Å². The Morgan fingerprint density at radius 3 is 2.47 bits per heavy atom. The molecular formula is C15H16ClN3. The van der Waals surface area contributed by atoms with Crippen LogP contribution in [-0.4, -0.2) is 9.97 Å². The topological polar surface area (TPSA) is 29.0 Å². The summed E-state index contributed by atoms with van der Waals surface area (Å²) in [6.07, 6.45) is 3.52. The molecule has 0 amide bonds. The Hall–Kier alpha value is -1.61. The molecule has 0 unspecified atom stereocenters. The summed E-state index contributed by atoms with van der Waals surface area (Å²) in [5.74, 6) is 0.984. The van der Waals surface area contributed by atoms with E-state index in [4.69, 9.17) is 11.6 Å². The normalized spacial score (nSPS) is 13.7. The second-order valence-electron chi connectivity index (χ2n) is 4.84. The van der Waals surface area contributed by atoms with Crippen molar-refractivity contribution in [3.05, 3.63) is 52.4 Å². The summed E-state index contributed by atoms with van der Waals surface area (Å²) in [4.78, 5) is 10.8.